The lowest BCUT2D eigenvalue weighted by atomic mass is 9.92. The number of rotatable bonds is 6. The number of allylic oxidation sites excluding steroid dienone is 1. The van der Waals surface area contributed by atoms with Gasteiger partial charge in [-0.3, -0.25) is 0 Å². The molecule has 2 nitrogen and oxygen atoms in total. The zero-order chi connectivity index (χ0) is 12.9. The summed E-state index contributed by atoms with van der Waals surface area (Å²) < 4.78 is 0. The van der Waals surface area contributed by atoms with Gasteiger partial charge in [0.25, 0.3) is 0 Å². The van der Waals surface area contributed by atoms with Gasteiger partial charge in [-0.1, -0.05) is 70.2 Å². The Hall–Kier alpha value is -0.0582. The van der Waals surface area contributed by atoms with Gasteiger partial charge < -0.3 is 10.0 Å². The maximum Gasteiger partial charge on any atom is 0.480 e. The van der Waals surface area contributed by atoms with Gasteiger partial charge >= 0.3 is 7.12 Å². The molecule has 0 amide bonds. The summed E-state index contributed by atoms with van der Waals surface area (Å²) in [6, 6.07) is 1.04. The van der Waals surface area contributed by atoms with Crippen LogP contribution < -0.4 is 0 Å². The molecular formula is C12H27BO2Si. The summed E-state index contributed by atoms with van der Waals surface area (Å²) in [4.78, 5) is 0. The van der Waals surface area contributed by atoms with Crippen molar-refractivity contribution in [1.82, 2.24) is 0 Å². The second-order valence-electron chi connectivity index (χ2n) is 5.62. The third kappa shape index (κ3) is 3.75. The Bertz CT molecular complexity index is 203. The number of hydrogen-bond donors (Lipinski definition) is 2. The van der Waals surface area contributed by atoms with E-state index in [4.69, 9.17) is 10.0 Å². The van der Waals surface area contributed by atoms with E-state index in [0.717, 1.165) is 6.04 Å². The van der Waals surface area contributed by atoms with Crippen molar-refractivity contribution >= 4 is 15.2 Å². The molecule has 94 valence electrons. The van der Waals surface area contributed by atoms with Gasteiger partial charge in [-0.15, -0.1) is 0 Å². The molecule has 0 spiro atoms. The van der Waals surface area contributed by atoms with Crippen LogP contribution in [0.3, 0.4) is 0 Å². The normalized spacial score (nSPS) is 13.4. The second-order valence-corrected chi connectivity index (χ2v) is 11.7. The van der Waals surface area contributed by atoms with E-state index in [0.29, 0.717) is 16.6 Å². The summed E-state index contributed by atoms with van der Waals surface area (Å²) in [7, 11) is -2.71. The smallest absolute Gasteiger partial charge is 0.424 e. The van der Waals surface area contributed by atoms with Crippen molar-refractivity contribution in [3.8, 4) is 0 Å². The zero-order valence-electron chi connectivity index (χ0n) is 11.6. The third-order valence-corrected chi connectivity index (χ3v) is 11.4. The van der Waals surface area contributed by atoms with Gasteiger partial charge in [0.2, 0.25) is 0 Å². The highest BCUT2D eigenvalue weighted by atomic mass is 28.3. The summed E-state index contributed by atoms with van der Waals surface area (Å²) in [5.41, 5.74) is 2.15. The van der Waals surface area contributed by atoms with Gasteiger partial charge in [-0.2, -0.15) is 0 Å². The monoisotopic (exact) mass is 242 g/mol. The first-order valence-electron chi connectivity index (χ1n) is 6.27. The van der Waals surface area contributed by atoms with Crippen molar-refractivity contribution in [2.75, 3.05) is 0 Å². The van der Waals surface area contributed by atoms with Crippen molar-refractivity contribution in [2.24, 2.45) is 0 Å². The van der Waals surface area contributed by atoms with E-state index in [2.05, 4.69) is 41.5 Å². The Morgan fingerprint density at radius 3 is 1.56 bits per heavy atom. The molecule has 0 bridgehead atoms. The van der Waals surface area contributed by atoms with Gasteiger partial charge in [0.1, 0.15) is 0 Å². The van der Waals surface area contributed by atoms with Gasteiger partial charge in [0.05, 0.1) is 8.07 Å². The fraction of sp³-hybridized carbons (Fsp3) is 0.833. The molecule has 0 aromatic heterocycles. The molecule has 0 aromatic carbocycles. The van der Waals surface area contributed by atoms with E-state index in [1.807, 2.05) is 6.08 Å². The van der Waals surface area contributed by atoms with Crippen LogP contribution in [0.2, 0.25) is 22.7 Å². The minimum absolute atomic E-state index is 0.716. The van der Waals surface area contributed by atoms with E-state index < -0.39 is 15.2 Å². The van der Waals surface area contributed by atoms with Crippen molar-refractivity contribution in [3.63, 3.8) is 0 Å². The summed E-state index contributed by atoms with van der Waals surface area (Å²) >= 11 is 0. The van der Waals surface area contributed by atoms with Crippen LogP contribution in [-0.4, -0.2) is 25.2 Å². The van der Waals surface area contributed by atoms with E-state index >= 15 is 0 Å². The molecule has 0 atom stereocenters. The van der Waals surface area contributed by atoms with E-state index in [1.165, 1.54) is 5.98 Å². The minimum atomic E-state index is -1.40. The first kappa shape index (κ1) is 15.9. The lowest BCUT2D eigenvalue weighted by Crippen LogP contribution is -2.43. The van der Waals surface area contributed by atoms with Crippen LogP contribution in [0.4, 0.5) is 0 Å². The molecule has 2 N–H and O–H groups in total. The first-order chi connectivity index (χ1) is 7.25. The summed E-state index contributed by atoms with van der Waals surface area (Å²) in [5.74, 6) is 1.49. The van der Waals surface area contributed by atoms with Crippen molar-refractivity contribution < 1.29 is 10.0 Å². The Kier molecular flexibility index (Phi) is 6.60. The van der Waals surface area contributed by atoms with Crippen LogP contribution >= 0.6 is 0 Å². The Labute approximate surface area is 102 Å². The van der Waals surface area contributed by atoms with Crippen molar-refractivity contribution in [2.45, 2.75) is 64.2 Å². The molecule has 0 saturated heterocycles. The molecular weight excluding hydrogens is 215 g/mol. The molecule has 0 heterocycles. The molecule has 0 aliphatic heterocycles. The molecule has 0 unspecified atom stereocenters. The summed E-state index contributed by atoms with van der Waals surface area (Å²) in [5, 5.41) is 17.7. The van der Waals surface area contributed by atoms with Crippen LogP contribution in [0.15, 0.2) is 12.1 Å². The standard InChI is InChI=1S/C12H27BO2Si/c1-10(2)16(11(3)4,12(5)6)9-7-8-13(14)15/h7-8,10-12,14-15H,9H2,1-6H3/b8-7+. The fourth-order valence-corrected chi connectivity index (χ4v) is 9.06. The molecule has 0 fully saturated rings. The summed E-state index contributed by atoms with van der Waals surface area (Å²) in [6.07, 6.45) is 1.97. The van der Waals surface area contributed by atoms with Crippen LogP contribution in [0.5, 0.6) is 0 Å². The van der Waals surface area contributed by atoms with Crippen molar-refractivity contribution in [3.05, 3.63) is 12.1 Å². The maximum absolute atomic E-state index is 8.85. The van der Waals surface area contributed by atoms with Gasteiger partial charge in [0.15, 0.2) is 0 Å². The van der Waals surface area contributed by atoms with Gasteiger partial charge in [-0.05, 0) is 6.04 Å². The average Bonchev–Trinajstić information content (AvgIpc) is 2.09. The average molecular weight is 242 g/mol. The van der Waals surface area contributed by atoms with E-state index in [1.54, 1.807) is 0 Å². The van der Waals surface area contributed by atoms with Crippen LogP contribution in [0, 0.1) is 0 Å². The van der Waals surface area contributed by atoms with Gasteiger partial charge in [-0.25, -0.2) is 0 Å². The largest absolute Gasteiger partial charge is 0.480 e. The first-order valence-corrected chi connectivity index (χ1v) is 8.71. The topological polar surface area (TPSA) is 40.5 Å². The molecule has 0 saturated carbocycles. The Balaban J connectivity index is 4.91. The molecule has 0 aliphatic rings. The van der Waals surface area contributed by atoms with Crippen molar-refractivity contribution in [1.29, 1.82) is 0 Å². The Morgan fingerprint density at radius 1 is 0.938 bits per heavy atom. The molecule has 0 radical (unpaired) electrons. The molecule has 4 heteroatoms. The van der Waals surface area contributed by atoms with Gasteiger partial charge in [0, 0.05) is 0 Å². The van der Waals surface area contributed by atoms with Crippen LogP contribution in [-0.2, 0) is 0 Å². The second kappa shape index (κ2) is 6.62. The highest BCUT2D eigenvalue weighted by Gasteiger charge is 2.41. The molecule has 0 aliphatic carbocycles. The molecule has 0 rings (SSSR count). The number of hydrogen-bond acceptors (Lipinski definition) is 2. The molecule has 0 aromatic rings. The fourth-order valence-electron chi connectivity index (χ4n) is 3.10. The Morgan fingerprint density at radius 2 is 1.31 bits per heavy atom. The maximum atomic E-state index is 8.85. The minimum Gasteiger partial charge on any atom is -0.424 e. The van der Waals surface area contributed by atoms with Crippen LogP contribution in [0.1, 0.15) is 41.5 Å². The predicted octanol–water partition coefficient (Wildman–Crippen LogP) is 3.23. The van der Waals surface area contributed by atoms with E-state index in [-0.39, 0.29) is 0 Å². The van der Waals surface area contributed by atoms with Crippen LogP contribution in [0.25, 0.3) is 0 Å². The quantitative estimate of drug-likeness (QED) is 0.702. The highest BCUT2D eigenvalue weighted by molar-refractivity contribution is 6.83. The predicted molar refractivity (Wildman–Crippen MR) is 75.2 cm³/mol. The van der Waals surface area contributed by atoms with E-state index in [9.17, 15) is 0 Å². The lowest BCUT2D eigenvalue weighted by molar-refractivity contribution is 0.424. The SMILES string of the molecule is CC(C)[Si](C/C=C/B(O)O)(C(C)C)C(C)C. The highest BCUT2D eigenvalue weighted by Crippen LogP contribution is 2.44. The molecule has 16 heavy (non-hydrogen) atoms. The summed E-state index contributed by atoms with van der Waals surface area (Å²) in [6.45, 7) is 13.9. The zero-order valence-corrected chi connectivity index (χ0v) is 12.6. The lowest BCUT2D eigenvalue weighted by Gasteiger charge is -2.42. The third-order valence-electron chi connectivity index (χ3n) is 4.00.